The molecule has 1 saturated heterocycles. The van der Waals surface area contributed by atoms with Crippen LogP contribution in [-0.4, -0.2) is 31.1 Å². The first-order chi connectivity index (χ1) is 8.16. The predicted octanol–water partition coefficient (Wildman–Crippen LogP) is 3.89. The zero-order valence-electron chi connectivity index (χ0n) is 10.0. The smallest absolute Gasteiger partial charge is 0.140 e. The van der Waals surface area contributed by atoms with Gasteiger partial charge >= 0.3 is 0 Å². The Kier molecular flexibility index (Phi) is 4.71. The van der Waals surface area contributed by atoms with Crippen molar-refractivity contribution in [1.82, 2.24) is 4.90 Å². The monoisotopic (exact) mass is 317 g/mol. The summed E-state index contributed by atoms with van der Waals surface area (Å²) in [5.41, 5.74) is 1.08. The van der Waals surface area contributed by atoms with Gasteiger partial charge in [0.1, 0.15) is 5.75 Å². The standard InChI is InChI=1S/C13H17BrClNO/c1-10-8-11(14)9-12(15)13(10)17-7-3-2-4-16-5-6-16/h8-9H,2-7H2,1H3. The zero-order valence-corrected chi connectivity index (χ0v) is 12.4. The van der Waals surface area contributed by atoms with Crippen molar-refractivity contribution in [2.75, 3.05) is 26.2 Å². The topological polar surface area (TPSA) is 12.2 Å². The van der Waals surface area contributed by atoms with Crippen molar-refractivity contribution in [3.05, 3.63) is 27.2 Å². The summed E-state index contributed by atoms with van der Waals surface area (Å²) >= 11 is 9.56. The summed E-state index contributed by atoms with van der Waals surface area (Å²) in [6, 6.07) is 3.90. The first kappa shape index (κ1) is 13.2. The Morgan fingerprint density at radius 3 is 2.76 bits per heavy atom. The molecule has 0 aliphatic carbocycles. The van der Waals surface area contributed by atoms with Crippen LogP contribution in [0, 0.1) is 6.92 Å². The lowest BCUT2D eigenvalue weighted by atomic mass is 10.2. The maximum absolute atomic E-state index is 6.14. The lowest BCUT2D eigenvalue weighted by Crippen LogP contribution is -2.04. The third kappa shape index (κ3) is 4.16. The molecule has 0 atom stereocenters. The van der Waals surface area contributed by atoms with Crippen molar-refractivity contribution in [1.29, 1.82) is 0 Å². The molecule has 1 aromatic rings. The van der Waals surface area contributed by atoms with Crippen LogP contribution in [0.15, 0.2) is 16.6 Å². The maximum atomic E-state index is 6.14. The molecule has 4 heteroatoms. The van der Waals surface area contributed by atoms with E-state index >= 15 is 0 Å². The SMILES string of the molecule is Cc1cc(Br)cc(Cl)c1OCCCCN1CC1. The highest BCUT2D eigenvalue weighted by Crippen LogP contribution is 2.32. The van der Waals surface area contributed by atoms with Crippen LogP contribution in [0.1, 0.15) is 18.4 Å². The summed E-state index contributed by atoms with van der Waals surface area (Å²) in [7, 11) is 0. The Balaban J connectivity index is 1.77. The molecular formula is C13H17BrClNO. The summed E-state index contributed by atoms with van der Waals surface area (Å²) < 4.78 is 6.75. The van der Waals surface area contributed by atoms with Crippen molar-refractivity contribution in [2.45, 2.75) is 19.8 Å². The van der Waals surface area contributed by atoms with Crippen LogP contribution in [0.2, 0.25) is 5.02 Å². The molecular weight excluding hydrogens is 302 g/mol. The summed E-state index contributed by atoms with van der Waals surface area (Å²) in [5.74, 6) is 0.821. The first-order valence-electron chi connectivity index (χ1n) is 5.97. The largest absolute Gasteiger partial charge is 0.492 e. The van der Waals surface area contributed by atoms with Gasteiger partial charge in [-0.15, -0.1) is 0 Å². The Hall–Kier alpha value is -0.250. The van der Waals surface area contributed by atoms with Gasteiger partial charge < -0.3 is 9.64 Å². The number of nitrogens with zero attached hydrogens (tertiary/aromatic N) is 1. The van der Waals surface area contributed by atoms with Gasteiger partial charge in [-0.2, -0.15) is 0 Å². The minimum Gasteiger partial charge on any atom is -0.492 e. The van der Waals surface area contributed by atoms with Crippen LogP contribution in [-0.2, 0) is 0 Å². The Morgan fingerprint density at radius 1 is 1.35 bits per heavy atom. The number of hydrogen-bond acceptors (Lipinski definition) is 2. The van der Waals surface area contributed by atoms with E-state index in [-0.39, 0.29) is 0 Å². The molecule has 2 rings (SSSR count). The normalized spacial score (nSPS) is 15.0. The highest BCUT2D eigenvalue weighted by Gasteiger charge is 2.15. The van der Waals surface area contributed by atoms with E-state index in [0.717, 1.165) is 28.8 Å². The van der Waals surface area contributed by atoms with Gasteiger partial charge in [-0.05, 0) is 44.0 Å². The highest BCUT2D eigenvalue weighted by molar-refractivity contribution is 9.10. The molecule has 1 aromatic carbocycles. The van der Waals surface area contributed by atoms with E-state index in [0.29, 0.717) is 5.02 Å². The molecule has 1 heterocycles. The molecule has 1 fully saturated rings. The molecule has 2 nitrogen and oxygen atoms in total. The van der Waals surface area contributed by atoms with E-state index in [2.05, 4.69) is 20.8 Å². The molecule has 1 aliphatic rings. The number of unbranched alkanes of at least 4 members (excludes halogenated alkanes) is 1. The zero-order chi connectivity index (χ0) is 12.3. The lowest BCUT2D eigenvalue weighted by molar-refractivity contribution is 0.300. The third-order valence-corrected chi connectivity index (χ3v) is 3.59. The number of aryl methyl sites for hydroxylation is 1. The quantitative estimate of drug-likeness (QED) is 0.583. The highest BCUT2D eigenvalue weighted by atomic mass is 79.9. The van der Waals surface area contributed by atoms with Crippen LogP contribution in [0.4, 0.5) is 0 Å². The number of halogens is 2. The number of benzene rings is 1. The first-order valence-corrected chi connectivity index (χ1v) is 7.15. The molecule has 0 amide bonds. The van der Waals surface area contributed by atoms with E-state index in [1.165, 1.54) is 26.1 Å². The molecule has 94 valence electrons. The molecule has 0 radical (unpaired) electrons. The van der Waals surface area contributed by atoms with E-state index in [1.54, 1.807) is 0 Å². The van der Waals surface area contributed by atoms with Crippen molar-refractivity contribution < 1.29 is 4.74 Å². The van der Waals surface area contributed by atoms with Gasteiger partial charge in [-0.1, -0.05) is 27.5 Å². The van der Waals surface area contributed by atoms with Gasteiger partial charge in [-0.3, -0.25) is 0 Å². The molecule has 0 saturated carbocycles. The van der Waals surface area contributed by atoms with Crippen molar-refractivity contribution in [3.63, 3.8) is 0 Å². The van der Waals surface area contributed by atoms with Crippen LogP contribution >= 0.6 is 27.5 Å². The van der Waals surface area contributed by atoms with Gasteiger partial charge in [0.05, 0.1) is 11.6 Å². The molecule has 0 N–H and O–H groups in total. The summed E-state index contributed by atoms with van der Waals surface area (Å²) in [5, 5.41) is 0.683. The van der Waals surface area contributed by atoms with Gasteiger partial charge in [0.2, 0.25) is 0 Å². The molecule has 0 aromatic heterocycles. The van der Waals surface area contributed by atoms with Crippen LogP contribution in [0.25, 0.3) is 0 Å². The number of hydrogen-bond donors (Lipinski definition) is 0. The second-order valence-corrected chi connectivity index (χ2v) is 5.75. The van der Waals surface area contributed by atoms with E-state index in [9.17, 15) is 0 Å². The average molecular weight is 319 g/mol. The van der Waals surface area contributed by atoms with Crippen molar-refractivity contribution >= 4 is 27.5 Å². The molecule has 0 unspecified atom stereocenters. The van der Waals surface area contributed by atoms with Crippen molar-refractivity contribution in [3.8, 4) is 5.75 Å². The van der Waals surface area contributed by atoms with Gasteiger partial charge in [-0.25, -0.2) is 0 Å². The molecule has 0 bridgehead atoms. The molecule has 0 spiro atoms. The Bertz CT molecular complexity index is 370. The second-order valence-electron chi connectivity index (χ2n) is 4.43. The van der Waals surface area contributed by atoms with Crippen LogP contribution < -0.4 is 4.74 Å². The van der Waals surface area contributed by atoms with E-state index in [1.807, 2.05) is 19.1 Å². The molecule has 17 heavy (non-hydrogen) atoms. The fourth-order valence-corrected chi connectivity index (χ4v) is 2.80. The summed E-state index contributed by atoms with van der Waals surface area (Å²) in [4.78, 5) is 2.43. The fourth-order valence-electron chi connectivity index (χ4n) is 1.78. The average Bonchev–Trinajstić information content (AvgIpc) is 3.04. The van der Waals surface area contributed by atoms with E-state index < -0.39 is 0 Å². The van der Waals surface area contributed by atoms with Gasteiger partial charge in [0.15, 0.2) is 0 Å². The Morgan fingerprint density at radius 2 is 2.12 bits per heavy atom. The predicted molar refractivity (Wildman–Crippen MR) is 75.1 cm³/mol. The second kappa shape index (κ2) is 6.07. The van der Waals surface area contributed by atoms with Crippen molar-refractivity contribution in [2.24, 2.45) is 0 Å². The van der Waals surface area contributed by atoms with Gasteiger partial charge in [0, 0.05) is 17.6 Å². The lowest BCUT2D eigenvalue weighted by Gasteiger charge is -2.11. The van der Waals surface area contributed by atoms with Crippen LogP contribution in [0.3, 0.4) is 0 Å². The minimum atomic E-state index is 0.683. The maximum Gasteiger partial charge on any atom is 0.140 e. The molecule has 1 aliphatic heterocycles. The summed E-state index contributed by atoms with van der Waals surface area (Å²) in [6.45, 7) is 6.52. The number of ether oxygens (including phenoxy) is 1. The third-order valence-electron chi connectivity index (χ3n) is 2.85. The fraction of sp³-hybridized carbons (Fsp3) is 0.538. The number of rotatable bonds is 6. The minimum absolute atomic E-state index is 0.683. The summed E-state index contributed by atoms with van der Waals surface area (Å²) in [6.07, 6.45) is 2.29. The van der Waals surface area contributed by atoms with E-state index in [4.69, 9.17) is 16.3 Å². The van der Waals surface area contributed by atoms with Crippen LogP contribution in [0.5, 0.6) is 5.75 Å². The Labute approximate surface area is 116 Å². The van der Waals surface area contributed by atoms with Gasteiger partial charge in [0.25, 0.3) is 0 Å².